The molecule has 0 aromatic heterocycles. The minimum atomic E-state index is -0.649. The van der Waals surface area contributed by atoms with Crippen LogP contribution in [0.1, 0.15) is 24.0 Å². The molecule has 1 N–H and O–H groups in total. The summed E-state index contributed by atoms with van der Waals surface area (Å²) in [6.07, 6.45) is 1.38. The maximum absolute atomic E-state index is 11.5. The van der Waals surface area contributed by atoms with Gasteiger partial charge in [-0.25, -0.2) is 0 Å². The number of likely N-dealkylation sites (tertiary alicyclic amines) is 1. The van der Waals surface area contributed by atoms with Gasteiger partial charge in [0.1, 0.15) is 5.41 Å². The third kappa shape index (κ3) is 3.00. The lowest BCUT2D eigenvalue weighted by Crippen LogP contribution is -2.36. The summed E-state index contributed by atoms with van der Waals surface area (Å²) in [6, 6.07) is 23.1. The number of nitrogens with zero attached hydrogens (tertiary/aromatic N) is 2. The lowest BCUT2D eigenvalue weighted by atomic mass is 9.73. The third-order valence-corrected chi connectivity index (χ3v) is 5.84. The second-order valence-corrected chi connectivity index (χ2v) is 7.40. The van der Waals surface area contributed by atoms with E-state index in [4.69, 9.17) is 0 Å². The average Bonchev–Trinajstić information content (AvgIpc) is 3.21. The molecule has 26 heavy (non-hydrogen) atoms. The highest BCUT2D eigenvalue weighted by molar-refractivity contribution is 5.79. The molecule has 0 unspecified atom stereocenters. The minimum absolute atomic E-state index is 0.180. The first-order chi connectivity index (χ1) is 12.7. The van der Waals surface area contributed by atoms with Gasteiger partial charge in [0.25, 0.3) is 0 Å². The Labute approximate surface area is 154 Å². The number of hydrogen-bond donors (Lipinski definition) is 1. The Hall–Kier alpha value is -2.64. The van der Waals surface area contributed by atoms with Gasteiger partial charge < -0.3 is 10.2 Å². The summed E-state index contributed by atoms with van der Waals surface area (Å²) in [5.74, 6) is 0.604. The first kappa shape index (κ1) is 16.8. The highest BCUT2D eigenvalue weighted by Crippen LogP contribution is 2.36. The van der Waals surface area contributed by atoms with Gasteiger partial charge in [0.15, 0.2) is 0 Å². The smallest absolute Gasteiger partial charge is 0.220 e. The molecule has 0 saturated carbocycles. The summed E-state index contributed by atoms with van der Waals surface area (Å²) in [4.78, 5) is 13.9. The van der Waals surface area contributed by atoms with E-state index in [1.165, 1.54) is 0 Å². The number of amides is 1. The van der Waals surface area contributed by atoms with Crippen molar-refractivity contribution in [1.82, 2.24) is 10.2 Å². The van der Waals surface area contributed by atoms with Crippen molar-refractivity contribution in [1.29, 1.82) is 5.26 Å². The number of nitrogens with one attached hydrogen (secondary N) is 1. The standard InChI is InChI=1S/C22H23N3O/c23-16-22(18-7-3-1-4-8-18,19-9-5-2-6-10-19)11-12-25-14-17-13-21(26)24-20(17)15-25/h1-10,17,20H,11-15H2,(H,24,26)/t17-,20+/m0/s1. The number of rotatable bonds is 5. The van der Waals surface area contributed by atoms with Crippen LogP contribution in [0.5, 0.6) is 0 Å². The number of benzene rings is 2. The molecule has 2 aliphatic heterocycles. The first-order valence-electron chi connectivity index (χ1n) is 9.25. The van der Waals surface area contributed by atoms with E-state index < -0.39 is 5.41 Å². The highest BCUT2D eigenvalue weighted by Gasteiger charge is 2.41. The zero-order valence-corrected chi connectivity index (χ0v) is 14.8. The van der Waals surface area contributed by atoms with E-state index in [-0.39, 0.29) is 11.9 Å². The van der Waals surface area contributed by atoms with Crippen molar-refractivity contribution in [2.75, 3.05) is 19.6 Å². The van der Waals surface area contributed by atoms with Gasteiger partial charge in [-0.2, -0.15) is 5.26 Å². The molecule has 132 valence electrons. The van der Waals surface area contributed by atoms with Crippen LogP contribution in [-0.4, -0.2) is 36.5 Å². The van der Waals surface area contributed by atoms with Crippen LogP contribution < -0.4 is 5.32 Å². The van der Waals surface area contributed by atoms with Crippen LogP contribution in [0.3, 0.4) is 0 Å². The minimum Gasteiger partial charge on any atom is -0.352 e. The summed E-state index contributed by atoms with van der Waals surface area (Å²) >= 11 is 0. The van der Waals surface area contributed by atoms with E-state index in [2.05, 4.69) is 40.6 Å². The fraction of sp³-hybridized carbons (Fsp3) is 0.364. The Morgan fingerprint density at radius 1 is 1.04 bits per heavy atom. The maximum Gasteiger partial charge on any atom is 0.220 e. The number of fused-ring (bicyclic) bond motifs is 1. The molecule has 0 spiro atoms. The second-order valence-electron chi connectivity index (χ2n) is 7.40. The van der Waals surface area contributed by atoms with Crippen LogP contribution in [0, 0.1) is 17.2 Å². The molecule has 2 heterocycles. The molecule has 4 rings (SSSR count). The molecule has 4 nitrogen and oxygen atoms in total. The van der Waals surface area contributed by atoms with Crippen molar-refractivity contribution in [2.24, 2.45) is 5.92 Å². The molecular formula is C22H23N3O. The van der Waals surface area contributed by atoms with Crippen LogP contribution in [-0.2, 0) is 10.2 Å². The molecular weight excluding hydrogens is 322 g/mol. The normalized spacial score (nSPS) is 22.7. The van der Waals surface area contributed by atoms with E-state index in [1.807, 2.05) is 36.4 Å². The Bertz CT molecular complexity index is 757. The molecule has 2 fully saturated rings. The third-order valence-electron chi connectivity index (χ3n) is 5.84. The largest absolute Gasteiger partial charge is 0.352 e. The second kappa shape index (κ2) is 6.93. The molecule has 0 bridgehead atoms. The topological polar surface area (TPSA) is 56.1 Å². The summed E-state index contributed by atoms with van der Waals surface area (Å²) in [7, 11) is 0. The zero-order chi connectivity index (χ0) is 18.0. The van der Waals surface area contributed by atoms with Gasteiger partial charge in [-0.1, -0.05) is 60.7 Å². The fourth-order valence-corrected chi connectivity index (χ4v) is 4.43. The Morgan fingerprint density at radius 3 is 2.19 bits per heavy atom. The monoisotopic (exact) mass is 345 g/mol. The van der Waals surface area contributed by atoms with E-state index >= 15 is 0 Å². The average molecular weight is 345 g/mol. The van der Waals surface area contributed by atoms with Crippen LogP contribution in [0.15, 0.2) is 60.7 Å². The molecule has 1 amide bonds. The molecule has 4 heteroatoms. The van der Waals surface area contributed by atoms with Crippen molar-refractivity contribution in [3.05, 3.63) is 71.8 Å². The number of nitriles is 1. The van der Waals surface area contributed by atoms with Gasteiger partial charge in [-0.3, -0.25) is 4.79 Å². The number of hydrogen-bond acceptors (Lipinski definition) is 3. The molecule has 0 radical (unpaired) electrons. The lowest BCUT2D eigenvalue weighted by Gasteiger charge is -2.30. The van der Waals surface area contributed by atoms with E-state index in [0.29, 0.717) is 12.3 Å². The maximum atomic E-state index is 11.5. The van der Waals surface area contributed by atoms with Gasteiger partial charge in [0.2, 0.25) is 5.91 Å². The van der Waals surface area contributed by atoms with Crippen LogP contribution in [0.4, 0.5) is 0 Å². The van der Waals surface area contributed by atoms with Crippen molar-refractivity contribution in [3.8, 4) is 6.07 Å². The van der Waals surface area contributed by atoms with Crippen LogP contribution in [0.2, 0.25) is 0 Å². The van der Waals surface area contributed by atoms with E-state index in [9.17, 15) is 10.1 Å². The van der Waals surface area contributed by atoms with Gasteiger partial charge in [-0.05, 0) is 17.5 Å². The summed E-state index contributed by atoms with van der Waals surface area (Å²) < 4.78 is 0. The van der Waals surface area contributed by atoms with Gasteiger partial charge in [0.05, 0.1) is 6.07 Å². The predicted octanol–water partition coefficient (Wildman–Crippen LogP) is 2.71. The van der Waals surface area contributed by atoms with Crippen LogP contribution >= 0.6 is 0 Å². The Kier molecular flexibility index (Phi) is 4.48. The summed E-state index contributed by atoms with van der Waals surface area (Å²) in [5, 5.41) is 13.3. The first-order valence-corrected chi connectivity index (χ1v) is 9.25. The Balaban J connectivity index is 1.57. The molecule has 0 aliphatic carbocycles. The molecule has 2 saturated heterocycles. The lowest BCUT2D eigenvalue weighted by molar-refractivity contribution is -0.119. The zero-order valence-electron chi connectivity index (χ0n) is 14.8. The summed E-state index contributed by atoms with van der Waals surface area (Å²) in [6.45, 7) is 2.68. The molecule has 2 aromatic carbocycles. The van der Waals surface area contributed by atoms with Gasteiger partial charge in [-0.15, -0.1) is 0 Å². The Morgan fingerprint density at radius 2 is 1.65 bits per heavy atom. The van der Waals surface area contributed by atoms with Crippen molar-refractivity contribution in [3.63, 3.8) is 0 Å². The van der Waals surface area contributed by atoms with Crippen molar-refractivity contribution >= 4 is 5.91 Å². The summed E-state index contributed by atoms with van der Waals surface area (Å²) in [5.41, 5.74) is 1.44. The van der Waals surface area contributed by atoms with Crippen molar-refractivity contribution in [2.45, 2.75) is 24.3 Å². The van der Waals surface area contributed by atoms with Crippen molar-refractivity contribution < 1.29 is 4.79 Å². The van der Waals surface area contributed by atoms with E-state index in [1.54, 1.807) is 0 Å². The molecule has 2 atom stereocenters. The highest BCUT2D eigenvalue weighted by atomic mass is 16.2. The quantitative estimate of drug-likeness (QED) is 0.906. The SMILES string of the molecule is N#CC(CCN1C[C@@H]2CC(=O)N[C@@H]2C1)(c1ccccc1)c1ccccc1. The van der Waals surface area contributed by atoms with Crippen LogP contribution in [0.25, 0.3) is 0 Å². The van der Waals surface area contributed by atoms with E-state index in [0.717, 1.165) is 37.2 Å². The number of carbonyl (C=O) groups is 1. The van der Waals surface area contributed by atoms with Gasteiger partial charge >= 0.3 is 0 Å². The number of carbonyl (C=O) groups excluding carboxylic acids is 1. The fourth-order valence-electron chi connectivity index (χ4n) is 4.43. The predicted molar refractivity (Wildman–Crippen MR) is 100 cm³/mol. The molecule has 2 aromatic rings. The molecule has 2 aliphatic rings. The van der Waals surface area contributed by atoms with Gasteiger partial charge in [0, 0.05) is 38.0 Å².